The molecule has 3 heteroatoms. The Balaban J connectivity index is 1.54. The molecule has 0 aromatic heterocycles. The number of nitrogens with two attached hydrogens (primary N) is 1. The molecule has 3 N–H and O–H groups in total. The summed E-state index contributed by atoms with van der Waals surface area (Å²) in [7, 11) is 0. The summed E-state index contributed by atoms with van der Waals surface area (Å²) in [6.45, 7) is 7.43. The molecule has 0 aliphatic heterocycles. The van der Waals surface area contributed by atoms with Crippen LogP contribution in [0.15, 0.2) is 11.6 Å². The van der Waals surface area contributed by atoms with Crippen LogP contribution >= 0.6 is 0 Å². The van der Waals surface area contributed by atoms with Gasteiger partial charge in [-0.05, 0) is 98.2 Å². The van der Waals surface area contributed by atoms with E-state index >= 15 is 0 Å². The van der Waals surface area contributed by atoms with E-state index in [0.29, 0.717) is 23.2 Å². The summed E-state index contributed by atoms with van der Waals surface area (Å²) in [6.07, 6.45) is 13.6. The molecular formula is C24H39NO2. The number of primary amides is 1. The third kappa shape index (κ3) is 3.09. The normalized spacial score (nSPS) is 47.4. The largest absolute Gasteiger partial charge is 0.393 e. The molecular weight excluding hydrogens is 334 g/mol. The number of rotatable bonds is 4. The van der Waals surface area contributed by atoms with Crippen LogP contribution < -0.4 is 5.73 Å². The van der Waals surface area contributed by atoms with E-state index < -0.39 is 0 Å². The minimum Gasteiger partial charge on any atom is -0.393 e. The van der Waals surface area contributed by atoms with Crippen molar-refractivity contribution in [2.75, 3.05) is 0 Å². The van der Waals surface area contributed by atoms with Crippen molar-refractivity contribution >= 4 is 5.91 Å². The van der Waals surface area contributed by atoms with Crippen LogP contribution in [-0.4, -0.2) is 17.1 Å². The lowest BCUT2D eigenvalue weighted by Crippen LogP contribution is -2.50. The predicted molar refractivity (Wildman–Crippen MR) is 109 cm³/mol. The molecule has 3 nitrogen and oxygen atoms in total. The van der Waals surface area contributed by atoms with Crippen molar-refractivity contribution in [3.8, 4) is 0 Å². The lowest BCUT2D eigenvalue weighted by molar-refractivity contribution is -0.118. The third-order valence-corrected chi connectivity index (χ3v) is 9.68. The zero-order chi connectivity index (χ0) is 19.4. The molecule has 4 aliphatic rings. The molecule has 3 saturated carbocycles. The molecule has 0 aromatic carbocycles. The van der Waals surface area contributed by atoms with Crippen molar-refractivity contribution in [3.05, 3.63) is 11.6 Å². The Morgan fingerprint density at radius 2 is 2.00 bits per heavy atom. The molecule has 0 spiro atoms. The van der Waals surface area contributed by atoms with Gasteiger partial charge in [0.25, 0.3) is 0 Å². The van der Waals surface area contributed by atoms with Gasteiger partial charge in [-0.25, -0.2) is 0 Å². The molecule has 0 heterocycles. The van der Waals surface area contributed by atoms with E-state index in [1.54, 1.807) is 5.57 Å². The van der Waals surface area contributed by atoms with Gasteiger partial charge >= 0.3 is 0 Å². The maximum atomic E-state index is 11.3. The number of fused-ring (bicyclic) bond motifs is 5. The molecule has 0 saturated heterocycles. The van der Waals surface area contributed by atoms with Gasteiger partial charge in [-0.1, -0.05) is 32.4 Å². The average molecular weight is 374 g/mol. The predicted octanol–water partition coefficient (Wildman–Crippen LogP) is 4.83. The third-order valence-electron chi connectivity index (χ3n) is 9.68. The second-order valence-corrected chi connectivity index (χ2v) is 10.9. The van der Waals surface area contributed by atoms with Crippen LogP contribution in [0.5, 0.6) is 0 Å². The first-order valence-corrected chi connectivity index (χ1v) is 11.4. The average Bonchev–Trinajstić information content (AvgIpc) is 2.97. The Labute approximate surface area is 165 Å². The lowest BCUT2D eigenvalue weighted by atomic mass is 9.47. The summed E-state index contributed by atoms with van der Waals surface area (Å²) < 4.78 is 0. The van der Waals surface area contributed by atoms with E-state index in [1.165, 1.54) is 38.5 Å². The Morgan fingerprint density at radius 3 is 2.74 bits per heavy atom. The number of carbonyl (C=O) groups is 1. The van der Waals surface area contributed by atoms with Crippen molar-refractivity contribution < 1.29 is 9.90 Å². The quantitative estimate of drug-likeness (QED) is 0.693. The SMILES string of the molecule is CC(CCC(N)=O)C1CCC2C3CC=C4C[C@@H](O)CCC4(C)C3CCC12C. The molecule has 1 amide bonds. The topological polar surface area (TPSA) is 63.3 Å². The highest BCUT2D eigenvalue weighted by atomic mass is 16.3. The maximum Gasteiger partial charge on any atom is 0.217 e. The van der Waals surface area contributed by atoms with E-state index in [2.05, 4.69) is 26.8 Å². The number of aliphatic hydroxyl groups is 1. The first kappa shape index (κ1) is 19.5. The number of hydrogen-bond donors (Lipinski definition) is 2. The van der Waals surface area contributed by atoms with Crippen LogP contribution in [0.25, 0.3) is 0 Å². The maximum absolute atomic E-state index is 11.3. The van der Waals surface area contributed by atoms with Gasteiger partial charge < -0.3 is 10.8 Å². The van der Waals surface area contributed by atoms with Gasteiger partial charge in [-0.15, -0.1) is 0 Å². The molecule has 7 unspecified atom stereocenters. The van der Waals surface area contributed by atoms with Crippen molar-refractivity contribution in [1.82, 2.24) is 0 Å². The Kier molecular flexibility index (Phi) is 4.98. The van der Waals surface area contributed by atoms with E-state index in [9.17, 15) is 9.90 Å². The van der Waals surface area contributed by atoms with Crippen molar-refractivity contribution in [2.24, 2.45) is 46.2 Å². The smallest absolute Gasteiger partial charge is 0.217 e. The number of hydrogen-bond acceptors (Lipinski definition) is 2. The van der Waals surface area contributed by atoms with Crippen LogP contribution in [0.1, 0.15) is 85.0 Å². The van der Waals surface area contributed by atoms with Gasteiger partial charge in [0.05, 0.1) is 6.10 Å². The lowest BCUT2D eigenvalue weighted by Gasteiger charge is -2.58. The van der Waals surface area contributed by atoms with Gasteiger partial charge in [0.15, 0.2) is 0 Å². The first-order valence-electron chi connectivity index (χ1n) is 11.4. The van der Waals surface area contributed by atoms with Gasteiger partial charge in [0.2, 0.25) is 5.91 Å². The van der Waals surface area contributed by atoms with Crippen LogP contribution in [0, 0.1) is 40.4 Å². The highest BCUT2D eigenvalue weighted by Crippen LogP contribution is 2.67. The van der Waals surface area contributed by atoms with Crippen LogP contribution in [0.2, 0.25) is 0 Å². The second kappa shape index (κ2) is 6.90. The summed E-state index contributed by atoms with van der Waals surface area (Å²) in [5.41, 5.74) is 7.75. The standard InChI is InChI=1S/C24H39NO2/c1-15(4-9-22(25)27)19-7-8-20-18-6-5-16-14-17(26)10-12-23(16,2)21(18)11-13-24(19,20)3/h5,15,17-21,26H,4,6-14H2,1-3H3,(H2,25,27)/t15?,17-,18?,19?,20?,21?,23?,24?/m0/s1. The molecule has 27 heavy (non-hydrogen) atoms. The zero-order valence-electron chi connectivity index (χ0n) is 17.5. The van der Waals surface area contributed by atoms with E-state index in [-0.39, 0.29) is 12.0 Å². The fourth-order valence-electron chi connectivity index (χ4n) is 8.19. The molecule has 8 atom stereocenters. The first-order chi connectivity index (χ1) is 12.8. The number of aliphatic hydroxyl groups excluding tert-OH is 1. The summed E-state index contributed by atoms with van der Waals surface area (Å²) in [4.78, 5) is 11.3. The molecule has 0 aromatic rings. The van der Waals surface area contributed by atoms with Crippen LogP contribution in [-0.2, 0) is 4.79 Å². The monoisotopic (exact) mass is 373 g/mol. The highest BCUT2D eigenvalue weighted by molar-refractivity contribution is 5.73. The summed E-state index contributed by atoms with van der Waals surface area (Å²) >= 11 is 0. The van der Waals surface area contributed by atoms with E-state index in [1.807, 2.05) is 0 Å². The minimum atomic E-state index is -0.150. The van der Waals surface area contributed by atoms with E-state index in [0.717, 1.165) is 42.9 Å². The highest BCUT2D eigenvalue weighted by Gasteiger charge is 2.59. The fraction of sp³-hybridized carbons (Fsp3) is 0.875. The van der Waals surface area contributed by atoms with Gasteiger partial charge in [0.1, 0.15) is 0 Å². The van der Waals surface area contributed by atoms with Crippen molar-refractivity contribution in [3.63, 3.8) is 0 Å². The molecule has 152 valence electrons. The second-order valence-electron chi connectivity index (χ2n) is 10.9. The molecule has 4 rings (SSSR count). The zero-order valence-corrected chi connectivity index (χ0v) is 17.5. The minimum absolute atomic E-state index is 0.114. The molecule has 4 aliphatic carbocycles. The Hall–Kier alpha value is -0.830. The summed E-state index contributed by atoms with van der Waals surface area (Å²) in [5, 5.41) is 10.2. The Morgan fingerprint density at radius 1 is 1.22 bits per heavy atom. The summed E-state index contributed by atoms with van der Waals surface area (Å²) in [6, 6.07) is 0. The Bertz CT molecular complexity index is 628. The van der Waals surface area contributed by atoms with Crippen LogP contribution in [0.4, 0.5) is 0 Å². The van der Waals surface area contributed by atoms with Crippen molar-refractivity contribution in [2.45, 2.75) is 91.1 Å². The van der Waals surface area contributed by atoms with Crippen LogP contribution in [0.3, 0.4) is 0 Å². The molecule has 3 fully saturated rings. The fourth-order valence-corrected chi connectivity index (χ4v) is 8.19. The summed E-state index contributed by atoms with van der Waals surface area (Å²) in [5.74, 6) is 3.65. The van der Waals surface area contributed by atoms with Gasteiger partial charge in [0, 0.05) is 6.42 Å². The van der Waals surface area contributed by atoms with Gasteiger partial charge in [-0.2, -0.15) is 0 Å². The molecule has 0 bridgehead atoms. The van der Waals surface area contributed by atoms with Gasteiger partial charge in [-0.3, -0.25) is 4.79 Å². The van der Waals surface area contributed by atoms with Crippen molar-refractivity contribution in [1.29, 1.82) is 0 Å². The molecule has 0 radical (unpaired) electrons. The number of amides is 1. The van der Waals surface area contributed by atoms with E-state index in [4.69, 9.17) is 5.73 Å². The number of carbonyl (C=O) groups excluding carboxylic acids is 1. The number of allylic oxidation sites excluding steroid dienone is 1.